The molecule has 0 aliphatic heterocycles. The summed E-state index contributed by atoms with van der Waals surface area (Å²) >= 11 is 5.70. The number of aromatic nitrogens is 1. The Morgan fingerprint density at radius 2 is 2.15 bits per heavy atom. The van der Waals surface area contributed by atoms with Gasteiger partial charge in [-0.05, 0) is 13.8 Å². The third-order valence-corrected chi connectivity index (χ3v) is 2.85. The quantitative estimate of drug-likeness (QED) is 0.482. The van der Waals surface area contributed by atoms with Crippen LogP contribution in [0.2, 0.25) is 5.15 Å². The Bertz CT molecular complexity index is 573. The van der Waals surface area contributed by atoms with Crippen LogP contribution in [-0.4, -0.2) is 33.4 Å². The van der Waals surface area contributed by atoms with Gasteiger partial charge in [0, 0.05) is 12.6 Å². The summed E-state index contributed by atoms with van der Waals surface area (Å²) in [6.07, 6.45) is 0.931. The van der Waals surface area contributed by atoms with Crippen LogP contribution in [0.15, 0.2) is 12.3 Å². The number of carbonyl (C=O) groups excluding carboxylic acids is 1. The Hall–Kier alpha value is -2.22. The summed E-state index contributed by atoms with van der Waals surface area (Å²) in [6, 6.07) is 0.985. The lowest BCUT2D eigenvalue weighted by Gasteiger charge is -2.19. The van der Waals surface area contributed by atoms with Gasteiger partial charge in [0.25, 0.3) is 11.6 Å². The molecule has 1 aromatic rings. The van der Waals surface area contributed by atoms with Crippen molar-refractivity contribution in [1.82, 2.24) is 10.3 Å². The lowest BCUT2D eigenvalue weighted by Crippen LogP contribution is -2.39. The van der Waals surface area contributed by atoms with E-state index in [9.17, 15) is 19.7 Å². The fourth-order valence-corrected chi connectivity index (χ4v) is 1.36. The van der Waals surface area contributed by atoms with E-state index < -0.39 is 22.2 Å². The van der Waals surface area contributed by atoms with Gasteiger partial charge in [-0.3, -0.25) is 19.7 Å². The van der Waals surface area contributed by atoms with Gasteiger partial charge in [-0.25, -0.2) is 4.98 Å². The second kappa shape index (κ2) is 5.83. The Balaban J connectivity index is 2.90. The van der Waals surface area contributed by atoms with E-state index in [4.69, 9.17) is 16.7 Å². The largest absolute Gasteiger partial charge is 0.481 e. The molecule has 0 aliphatic rings. The van der Waals surface area contributed by atoms with E-state index in [1.807, 2.05) is 0 Å². The summed E-state index contributed by atoms with van der Waals surface area (Å²) in [5.74, 6) is -1.80. The van der Waals surface area contributed by atoms with Crippen molar-refractivity contribution < 1.29 is 19.6 Å². The molecule has 1 rings (SSSR count). The molecular formula is C11H12ClN3O5. The van der Waals surface area contributed by atoms with Crippen molar-refractivity contribution >= 4 is 29.2 Å². The third-order valence-electron chi connectivity index (χ3n) is 2.55. The van der Waals surface area contributed by atoms with Crippen LogP contribution in [0.5, 0.6) is 0 Å². The summed E-state index contributed by atoms with van der Waals surface area (Å²) < 4.78 is 0. The molecule has 0 fully saturated rings. The molecule has 0 aromatic carbocycles. The maximum Gasteiger partial charge on any atom is 0.310 e. The molecule has 8 nitrogen and oxygen atoms in total. The van der Waals surface area contributed by atoms with E-state index in [0.717, 1.165) is 12.3 Å². The highest BCUT2D eigenvalue weighted by molar-refractivity contribution is 6.32. The zero-order valence-corrected chi connectivity index (χ0v) is 11.5. The van der Waals surface area contributed by atoms with E-state index in [0.29, 0.717) is 0 Å². The second-order valence-electron chi connectivity index (χ2n) is 4.66. The first-order chi connectivity index (χ1) is 9.15. The number of amides is 1. The number of carbonyl (C=O) groups is 2. The van der Waals surface area contributed by atoms with E-state index in [2.05, 4.69) is 10.3 Å². The number of nitrogens with one attached hydrogen (secondary N) is 1. The van der Waals surface area contributed by atoms with Crippen LogP contribution in [0.1, 0.15) is 24.2 Å². The van der Waals surface area contributed by atoms with Crippen molar-refractivity contribution in [2.24, 2.45) is 5.41 Å². The molecule has 20 heavy (non-hydrogen) atoms. The molecule has 1 aromatic heterocycles. The normalized spacial score (nSPS) is 10.9. The highest BCUT2D eigenvalue weighted by atomic mass is 35.5. The van der Waals surface area contributed by atoms with Gasteiger partial charge in [-0.1, -0.05) is 11.6 Å². The number of rotatable bonds is 5. The molecule has 0 saturated heterocycles. The van der Waals surface area contributed by atoms with Gasteiger partial charge >= 0.3 is 5.97 Å². The standard InChI is InChI=1S/C11H12ClN3O5/c1-11(2,10(17)18)5-14-9(16)7-3-6(15(19)20)4-13-8(7)12/h3-4H,5H2,1-2H3,(H,14,16)(H,17,18). The molecule has 0 spiro atoms. The van der Waals surface area contributed by atoms with Crippen LogP contribution in [0.3, 0.4) is 0 Å². The van der Waals surface area contributed by atoms with E-state index in [-0.39, 0.29) is 22.9 Å². The van der Waals surface area contributed by atoms with Crippen LogP contribution in [-0.2, 0) is 4.79 Å². The summed E-state index contributed by atoms with van der Waals surface area (Å²) in [7, 11) is 0. The first-order valence-corrected chi connectivity index (χ1v) is 5.84. The van der Waals surface area contributed by atoms with Gasteiger partial charge < -0.3 is 10.4 Å². The van der Waals surface area contributed by atoms with Crippen molar-refractivity contribution in [1.29, 1.82) is 0 Å². The number of nitrogens with zero attached hydrogens (tertiary/aromatic N) is 2. The predicted molar refractivity (Wildman–Crippen MR) is 69.7 cm³/mol. The average Bonchev–Trinajstić information content (AvgIpc) is 2.36. The Morgan fingerprint density at radius 3 is 2.65 bits per heavy atom. The molecule has 1 heterocycles. The number of nitro groups is 1. The fourth-order valence-electron chi connectivity index (χ4n) is 1.17. The monoisotopic (exact) mass is 301 g/mol. The number of hydrogen-bond donors (Lipinski definition) is 2. The van der Waals surface area contributed by atoms with E-state index in [1.165, 1.54) is 13.8 Å². The van der Waals surface area contributed by atoms with Crippen LogP contribution >= 0.6 is 11.6 Å². The van der Waals surface area contributed by atoms with E-state index in [1.54, 1.807) is 0 Å². The van der Waals surface area contributed by atoms with Gasteiger partial charge in [0.15, 0.2) is 0 Å². The SMILES string of the molecule is CC(C)(CNC(=O)c1cc([N+](=O)[O-])cnc1Cl)C(=O)O. The number of aliphatic carboxylic acids is 1. The van der Waals surface area contributed by atoms with Crippen LogP contribution in [0.25, 0.3) is 0 Å². The molecule has 2 N–H and O–H groups in total. The van der Waals surface area contributed by atoms with Gasteiger partial charge in [-0.2, -0.15) is 0 Å². The number of carboxylic acid groups (broad SMARTS) is 1. The van der Waals surface area contributed by atoms with Crippen molar-refractivity contribution in [3.63, 3.8) is 0 Å². The first-order valence-electron chi connectivity index (χ1n) is 5.46. The van der Waals surface area contributed by atoms with Gasteiger partial charge in [0.05, 0.1) is 15.9 Å². The average molecular weight is 302 g/mol. The molecule has 108 valence electrons. The number of pyridine rings is 1. The Morgan fingerprint density at radius 1 is 1.55 bits per heavy atom. The van der Waals surface area contributed by atoms with Crippen LogP contribution in [0.4, 0.5) is 5.69 Å². The number of halogens is 1. The predicted octanol–water partition coefficient (Wildman–Crippen LogP) is 1.48. The van der Waals surface area contributed by atoms with Crippen molar-refractivity contribution in [3.8, 4) is 0 Å². The lowest BCUT2D eigenvalue weighted by molar-refractivity contribution is -0.385. The summed E-state index contributed by atoms with van der Waals surface area (Å²) in [4.78, 5) is 36.2. The highest BCUT2D eigenvalue weighted by Gasteiger charge is 2.28. The van der Waals surface area contributed by atoms with Gasteiger partial charge in [0.2, 0.25) is 0 Å². The zero-order valence-electron chi connectivity index (χ0n) is 10.7. The van der Waals surface area contributed by atoms with Crippen LogP contribution < -0.4 is 5.32 Å². The van der Waals surface area contributed by atoms with Crippen molar-refractivity contribution in [2.75, 3.05) is 6.54 Å². The highest BCUT2D eigenvalue weighted by Crippen LogP contribution is 2.20. The lowest BCUT2D eigenvalue weighted by atomic mass is 9.94. The maximum absolute atomic E-state index is 11.9. The van der Waals surface area contributed by atoms with Gasteiger partial charge in [0.1, 0.15) is 11.3 Å². The molecule has 0 atom stereocenters. The molecule has 0 radical (unpaired) electrons. The molecule has 9 heteroatoms. The fraction of sp³-hybridized carbons (Fsp3) is 0.364. The minimum absolute atomic E-state index is 0.153. The summed E-state index contributed by atoms with van der Waals surface area (Å²) in [6.45, 7) is 2.71. The molecule has 1 amide bonds. The third kappa shape index (κ3) is 3.64. The number of hydrogen-bond acceptors (Lipinski definition) is 5. The second-order valence-corrected chi connectivity index (χ2v) is 5.02. The minimum atomic E-state index is -1.17. The molecule has 0 bridgehead atoms. The smallest absolute Gasteiger partial charge is 0.310 e. The Labute approximate surface area is 118 Å². The molecule has 0 saturated carbocycles. The number of carboxylic acids is 1. The molecular weight excluding hydrogens is 290 g/mol. The topological polar surface area (TPSA) is 122 Å². The van der Waals surface area contributed by atoms with Crippen molar-refractivity contribution in [2.45, 2.75) is 13.8 Å². The van der Waals surface area contributed by atoms with E-state index >= 15 is 0 Å². The van der Waals surface area contributed by atoms with Crippen molar-refractivity contribution in [3.05, 3.63) is 33.1 Å². The molecule has 0 aliphatic carbocycles. The zero-order chi connectivity index (χ0) is 15.5. The molecule has 0 unspecified atom stereocenters. The van der Waals surface area contributed by atoms with Crippen LogP contribution in [0, 0.1) is 15.5 Å². The maximum atomic E-state index is 11.9. The summed E-state index contributed by atoms with van der Waals surface area (Å²) in [5.41, 5.74) is -1.73. The minimum Gasteiger partial charge on any atom is -0.481 e. The van der Waals surface area contributed by atoms with Gasteiger partial charge in [-0.15, -0.1) is 0 Å². The Kier molecular flexibility index (Phi) is 4.61. The first kappa shape index (κ1) is 15.8. The summed E-state index contributed by atoms with van der Waals surface area (Å²) in [5, 5.41) is 21.7.